The lowest BCUT2D eigenvalue weighted by molar-refractivity contribution is -0.117. The molecule has 1 saturated heterocycles. The quantitative estimate of drug-likeness (QED) is 0.744. The van der Waals surface area contributed by atoms with Gasteiger partial charge in [0.15, 0.2) is 0 Å². The van der Waals surface area contributed by atoms with E-state index >= 15 is 0 Å². The van der Waals surface area contributed by atoms with E-state index in [4.69, 9.17) is 5.26 Å². The van der Waals surface area contributed by atoms with E-state index in [-0.39, 0.29) is 5.91 Å². The molecule has 3 aromatic rings. The van der Waals surface area contributed by atoms with Crippen molar-refractivity contribution in [3.05, 3.63) is 65.9 Å². The van der Waals surface area contributed by atoms with Crippen LogP contribution >= 0.6 is 0 Å². The van der Waals surface area contributed by atoms with Crippen LogP contribution in [0.4, 0.5) is 5.69 Å². The lowest BCUT2D eigenvalue weighted by Gasteiger charge is -2.31. The van der Waals surface area contributed by atoms with Gasteiger partial charge in [-0.05, 0) is 61.7 Å². The third-order valence-corrected chi connectivity index (χ3v) is 5.29. The number of rotatable bonds is 4. The van der Waals surface area contributed by atoms with E-state index in [1.165, 1.54) is 16.5 Å². The van der Waals surface area contributed by atoms with Gasteiger partial charge in [-0.2, -0.15) is 5.26 Å². The topological polar surface area (TPSA) is 71.9 Å². The molecule has 0 aliphatic carbocycles. The number of amides is 1. The number of likely N-dealkylation sites (tertiary alicyclic amines) is 1. The second-order valence-electron chi connectivity index (χ2n) is 7.08. The third kappa shape index (κ3) is 3.86. The summed E-state index contributed by atoms with van der Waals surface area (Å²) < 4.78 is 0. The fourth-order valence-corrected chi connectivity index (χ4v) is 3.90. The van der Waals surface area contributed by atoms with Crippen LogP contribution in [0.2, 0.25) is 0 Å². The van der Waals surface area contributed by atoms with Gasteiger partial charge in [0.25, 0.3) is 0 Å². The number of nitrogens with zero attached hydrogens (tertiary/aromatic N) is 2. The van der Waals surface area contributed by atoms with Gasteiger partial charge in [-0.15, -0.1) is 0 Å². The molecule has 0 unspecified atom stereocenters. The molecule has 5 heteroatoms. The van der Waals surface area contributed by atoms with Gasteiger partial charge in [-0.25, -0.2) is 0 Å². The normalized spacial score (nSPS) is 15.5. The minimum absolute atomic E-state index is 0.0318. The summed E-state index contributed by atoms with van der Waals surface area (Å²) in [4.78, 5) is 17.9. The van der Waals surface area contributed by atoms with E-state index in [1.54, 1.807) is 18.2 Å². The molecule has 1 fully saturated rings. The molecule has 2 N–H and O–H groups in total. The van der Waals surface area contributed by atoms with Crippen molar-refractivity contribution in [2.45, 2.75) is 18.8 Å². The molecule has 5 nitrogen and oxygen atoms in total. The Hall–Kier alpha value is -3.10. The SMILES string of the molecule is N#Cc1cccc(NC(=O)CN2CCC(c3c[nH]c4ccccc34)CC2)c1. The van der Waals surface area contributed by atoms with Gasteiger partial charge in [-0.3, -0.25) is 9.69 Å². The molecule has 0 radical (unpaired) electrons. The summed E-state index contributed by atoms with van der Waals surface area (Å²) >= 11 is 0. The van der Waals surface area contributed by atoms with Crippen LogP contribution < -0.4 is 5.32 Å². The number of hydrogen-bond donors (Lipinski definition) is 2. The number of piperidine rings is 1. The number of benzene rings is 2. The summed E-state index contributed by atoms with van der Waals surface area (Å²) in [5.74, 6) is 0.503. The van der Waals surface area contributed by atoms with Crippen LogP contribution in [0, 0.1) is 11.3 Å². The van der Waals surface area contributed by atoms with Gasteiger partial charge >= 0.3 is 0 Å². The molecule has 4 rings (SSSR count). The van der Waals surface area contributed by atoms with Crippen LogP contribution in [0.25, 0.3) is 10.9 Å². The highest BCUT2D eigenvalue weighted by atomic mass is 16.2. The average molecular weight is 358 g/mol. The Balaban J connectivity index is 1.33. The molecule has 1 amide bonds. The van der Waals surface area contributed by atoms with Gasteiger partial charge < -0.3 is 10.3 Å². The second kappa shape index (κ2) is 7.65. The number of aromatic nitrogens is 1. The number of nitrogens with one attached hydrogen (secondary N) is 2. The van der Waals surface area contributed by atoms with Gasteiger partial charge in [0.05, 0.1) is 18.2 Å². The number of nitriles is 1. The Morgan fingerprint density at radius 2 is 2.00 bits per heavy atom. The molecule has 1 aliphatic heterocycles. The van der Waals surface area contributed by atoms with Gasteiger partial charge in [-0.1, -0.05) is 24.3 Å². The third-order valence-electron chi connectivity index (χ3n) is 5.29. The van der Waals surface area contributed by atoms with Crippen molar-refractivity contribution in [3.8, 4) is 6.07 Å². The molecule has 0 spiro atoms. The van der Waals surface area contributed by atoms with Gasteiger partial charge in [0.2, 0.25) is 5.91 Å². The van der Waals surface area contributed by atoms with Crippen LogP contribution in [0.15, 0.2) is 54.7 Å². The monoisotopic (exact) mass is 358 g/mol. The second-order valence-corrected chi connectivity index (χ2v) is 7.08. The van der Waals surface area contributed by atoms with Crippen LogP contribution in [0.3, 0.4) is 0 Å². The van der Waals surface area contributed by atoms with Crippen molar-refractivity contribution in [1.29, 1.82) is 5.26 Å². The lowest BCUT2D eigenvalue weighted by Crippen LogP contribution is -2.38. The van der Waals surface area contributed by atoms with Crippen molar-refractivity contribution >= 4 is 22.5 Å². The number of hydrogen-bond acceptors (Lipinski definition) is 3. The standard InChI is InChI=1S/C22H22N4O/c23-13-16-4-3-5-18(12-16)25-22(27)15-26-10-8-17(9-11-26)20-14-24-21-7-2-1-6-19(20)21/h1-7,12,14,17,24H,8-11,15H2,(H,25,27). The number of anilines is 1. The minimum Gasteiger partial charge on any atom is -0.361 e. The predicted octanol–water partition coefficient (Wildman–Crippen LogP) is 3.86. The Morgan fingerprint density at radius 1 is 1.19 bits per heavy atom. The number of H-pyrrole nitrogens is 1. The Morgan fingerprint density at radius 3 is 2.81 bits per heavy atom. The fourth-order valence-electron chi connectivity index (χ4n) is 3.90. The number of para-hydroxylation sites is 1. The number of aromatic amines is 1. The molecule has 2 heterocycles. The minimum atomic E-state index is -0.0318. The highest BCUT2D eigenvalue weighted by Gasteiger charge is 2.23. The number of fused-ring (bicyclic) bond motifs is 1. The summed E-state index contributed by atoms with van der Waals surface area (Å²) in [6.07, 6.45) is 4.25. The van der Waals surface area contributed by atoms with Crippen LogP contribution in [0.1, 0.15) is 29.9 Å². The zero-order valence-corrected chi connectivity index (χ0v) is 15.1. The first-order chi connectivity index (χ1) is 13.2. The van der Waals surface area contributed by atoms with E-state index in [0.29, 0.717) is 23.7 Å². The zero-order chi connectivity index (χ0) is 18.6. The molecule has 0 bridgehead atoms. The Bertz CT molecular complexity index is 993. The first-order valence-electron chi connectivity index (χ1n) is 9.31. The van der Waals surface area contributed by atoms with Crippen molar-refractivity contribution in [2.24, 2.45) is 0 Å². The molecule has 27 heavy (non-hydrogen) atoms. The first kappa shape index (κ1) is 17.3. The summed E-state index contributed by atoms with van der Waals surface area (Å²) in [5.41, 5.74) is 3.80. The highest BCUT2D eigenvalue weighted by Crippen LogP contribution is 2.32. The van der Waals surface area contributed by atoms with Gasteiger partial charge in [0.1, 0.15) is 0 Å². The molecule has 1 aromatic heterocycles. The van der Waals surface area contributed by atoms with E-state index in [2.05, 4.69) is 51.7 Å². The van der Waals surface area contributed by atoms with Crippen molar-refractivity contribution < 1.29 is 4.79 Å². The van der Waals surface area contributed by atoms with E-state index < -0.39 is 0 Å². The lowest BCUT2D eigenvalue weighted by atomic mass is 9.89. The molecule has 136 valence electrons. The highest BCUT2D eigenvalue weighted by molar-refractivity contribution is 5.92. The predicted molar refractivity (Wildman–Crippen MR) is 107 cm³/mol. The molecular weight excluding hydrogens is 336 g/mol. The average Bonchev–Trinajstić information content (AvgIpc) is 3.13. The number of carbonyl (C=O) groups excluding carboxylic acids is 1. The molecule has 0 atom stereocenters. The Kier molecular flexibility index (Phi) is 4.91. The maximum atomic E-state index is 12.3. The summed E-state index contributed by atoms with van der Waals surface area (Å²) in [6.45, 7) is 2.21. The first-order valence-corrected chi connectivity index (χ1v) is 9.31. The summed E-state index contributed by atoms with van der Waals surface area (Å²) in [7, 11) is 0. The molecular formula is C22H22N4O. The maximum absolute atomic E-state index is 12.3. The van der Waals surface area contributed by atoms with Crippen molar-refractivity contribution in [1.82, 2.24) is 9.88 Å². The van der Waals surface area contributed by atoms with Crippen LogP contribution in [-0.2, 0) is 4.79 Å². The van der Waals surface area contributed by atoms with E-state index in [1.807, 2.05) is 6.07 Å². The Labute approximate surface area is 158 Å². The van der Waals surface area contributed by atoms with Crippen molar-refractivity contribution in [3.63, 3.8) is 0 Å². The summed E-state index contributed by atoms with van der Waals surface area (Å²) in [5, 5.41) is 13.2. The molecule has 1 aliphatic rings. The van der Waals surface area contributed by atoms with Gasteiger partial charge in [0, 0.05) is 22.8 Å². The maximum Gasteiger partial charge on any atom is 0.238 e. The van der Waals surface area contributed by atoms with E-state index in [9.17, 15) is 4.79 Å². The zero-order valence-electron chi connectivity index (χ0n) is 15.1. The van der Waals surface area contributed by atoms with Crippen LogP contribution in [-0.4, -0.2) is 35.4 Å². The molecule has 2 aromatic carbocycles. The smallest absolute Gasteiger partial charge is 0.238 e. The summed E-state index contributed by atoms with van der Waals surface area (Å²) in [6, 6.07) is 17.5. The van der Waals surface area contributed by atoms with Crippen LogP contribution in [0.5, 0.6) is 0 Å². The largest absolute Gasteiger partial charge is 0.361 e. The fraction of sp³-hybridized carbons (Fsp3) is 0.273. The van der Waals surface area contributed by atoms with Crippen molar-refractivity contribution in [2.75, 3.05) is 25.0 Å². The van der Waals surface area contributed by atoms with E-state index in [0.717, 1.165) is 25.9 Å². The number of carbonyl (C=O) groups is 1. The molecule has 0 saturated carbocycles.